The zero-order valence-electron chi connectivity index (χ0n) is 15.8. The molecule has 0 N–H and O–H groups in total. The number of hydrogen-bond acceptors (Lipinski definition) is 6. The third-order valence-corrected chi connectivity index (χ3v) is 5.24. The van der Waals surface area contributed by atoms with E-state index in [-0.39, 0.29) is 16.9 Å². The molecule has 1 saturated heterocycles. The number of nitrogens with zero attached hydrogens (tertiary/aromatic N) is 5. The molecule has 0 radical (unpaired) electrons. The van der Waals surface area contributed by atoms with Gasteiger partial charge in [0.2, 0.25) is 0 Å². The Labute approximate surface area is 161 Å². The first-order chi connectivity index (χ1) is 13.5. The van der Waals surface area contributed by atoms with Crippen LogP contribution in [0.1, 0.15) is 5.69 Å². The summed E-state index contributed by atoms with van der Waals surface area (Å²) in [4.78, 5) is 28.6. The van der Waals surface area contributed by atoms with Gasteiger partial charge < -0.3 is 9.80 Å². The zero-order chi connectivity index (χ0) is 19.8. The average Bonchev–Trinajstić information content (AvgIpc) is 2.71. The van der Waals surface area contributed by atoms with Crippen molar-refractivity contribution in [3.63, 3.8) is 0 Å². The van der Waals surface area contributed by atoms with Gasteiger partial charge in [0, 0.05) is 43.3 Å². The molecule has 0 amide bonds. The van der Waals surface area contributed by atoms with E-state index in [4.69, 9.17) is 0 Å². The highest BCUT2D eigenvalue weighted by molar-refractivity contribution is 5.83. The van der Waals surface area contributed by atoms with E-state index in [1.807, 2.05) is 12.1 Å². The molecule has 2 aromatic carbocycles. The lowest BCUT2D eigenvalue weighted by atomic mass is 10.1. The lowest BCUT2D eigenvalue weighted by Gasteiger charge is -2.34. The Bertz CT molecular complexity index is 1120. The van der Waals surface area contributed by atoms with Crippen LogP contribution in [-0.2, 0) is 0 Å². The number of nitro groups is 1. The molecule has 1 aliphatic heterocycles. The molecular weight excluding hydrogens is 358 g/mol. The van der Waals surface area contributed by atoms with Crippen LogP contribution in [0.15, 0.2) is 47.3 Å². The van der Waals surface area contributed by atoms with Gasteiger partial charge in [0.15, 0.2) is 0 Å². The molecule has 8 nitrogen and oxygen atoms in total. The van der Waals surface area contributed by atoms with Gasteiger partial charge in [0.1, 0.15) is 5.69 Å². The highest BCUT2D eigenvalue weighted by Crippen LogP contribution is 2.28. The Morgan fingerprint density at radius 1 is 1.04 bits per heavy atom. The first-order valence-electron chi connectivity index (χ1n) is 9.16. The quantitative estimate of drug-likeness (QED) is 0.513. The third-order valence-electron chi connectivity index (χ3n) is 5.24. The van der Waals surface area contributed by atoms with Gasteiger partial charge in [-0.2, -0.15) is 9.78 Å². The molecule has 0 aliphatic carbocycles. The molecule has 28 heavy (non-hydrogen) atoms. The van der Waals surface area contributed by atoms with Crippen LogP contribution in [0, 0.1) is 17.0 Å². The minimum atomic E-state index is -0.470. The van der Waals surface area contributed by atoms with Gasteiger partial charge in [-0.15, -0.1) is 0 Å². The highest BCUT2D eigenvalue weighted by atomic mass is 16.6. The molecule has 1 aromatic heterocycles. The maximum absolute atomic E-state index is 13.0. The summed E-state index contributed by atoms with van der Waals surface area (Å²) in [5.74, 6) is 0. The average molecular weight is 379 g/mol. The number of hydrogen-bond donors (Lipinski definition) is 0. The van der Waals surface area contributed by atoms with Crippen molar-refractivity contribution in [1.82, 2.24) is 14.7 Å². The number of rotatable bonds is 3. The second-order valence-corrected chi connectivity index (χ2v) is 7.07. The van der Waals surface area contributed by atoms with Crippen molar-refractivity contribution in [3.8, 4) is 5.69 Å². The summed E-state index contributed by atoms with van der Waals surface area (Å²) >= 11 is 0. The maximum Gasteiger partial charge on any atom is 0.295 e. The predicted molar refractivity (Wildman–Crippen MR) is 108 cm³/mol. The van der Waals surface area contributed by atoms with Crippen molar-refractivity contribution >= 4 is 22.1 Å². The SMILES string of the molecule is Cc1nn(-c2cc(N3CCN(C)CC3)ccc2[N+](=O)[O-])c(=O)c2ccccc12. The molecule has 0 spiro atoms. The van der Waals surface area contributed by atoms with Gasteiger partial charge in [0.25, 0.3) is 11.2 Å². The first kappa shape index (κ1) is 18.1. The fourth-order valence-corrected chi connectivity index (χ4v) is 3.61. The summed E-state index contributed by atoms with van der Waals surface area (Å²) in [5, 5.41) is 17.3. The minimum absolute atomic E-state index is 0.137. The van der Waals surface area contributed by atoms with E-state index in [0.717, 1.165) is 41.9 Å². The molecule has 0 unspecified atom stereocenters. The number of fused-ring (bicyclic) bond motifs is 1. The summed E-state index contributed by atoms with van der Waals surface area (Å²) in [6, 6.07) is 12.1. The molecule has 8 heteroatoms. The van der Waals surface area contributed by atoms with Crippen LogP contribution in [0.5, 0.6) is 0 Å². The van der Waals surface area contributed by atoms with Crippen molar-refractivity contribution in [2.45, 2.75) is 6.92 Å². The Balaban J connectivity index is 1.90. The Morgan fingerprint density at radius 3 is 2.39 bits per heavy atom. The molecule has 0 saturated carbocycles. The van der Waals surface area contributed by atoms with Crippen LogP contribution in [0.25, 0.3) is 16.5 Å². The summed E-state index contributed by atoms with van der Waals surface area (Å²) in [6.07, 6.45) is 0. The van der Waals surface area contributed by atoms with Crippen molar-refractivity contribution < 1.29 is 4.92 Å². The minimum Gasteiger partial charge on any atom is -0.369 e. The monoisotopic (exact) mass is 379 g/mol. The van der Waals surface area contributed by atoms with Crippen LogP contribution < -0.4 is 10.5 Å². The number of aromatic nitrogens is 2. The maximum atomic E-state index is 13.0. The lowest BCUT2D eigenvalue weighted by molar-refractivity contribution is -0.384. The van der Waals surface area contributed by atoms with E-state index in [1.54, 1.807) is 31.2 Å². The van der Waals surface area contributed by atoms with Gasteiger partial charge in [-0.25, -0.2) is 0 Å². The number of benzene rings is 2. The number of nitro benzene ring substituents is 1. The normalized spacial score (nSPS) is 15.1. The lowest BCUT2D eigenvalue weighted by Crippen LogP contribution is -2.44. The summed E-state index contributed by atoms with van der Waals surface area (Å²) in [6.45, 7) is 5.29. The fourth-order valence-electron chi connectivity index (χ4n) is 3.61. The molecular formula is C20H21N5O3. The second kappa shape index (κ2) is 7.05. The largest absolute Gasteiger partial charge is 0.369 e. The molecule has 1 aliphatic rings. The smallest absolute Gasteiger partial charge is 0.295 e. The van der Waals surface area contributed by atoms with E-state index < -0.39 is 4.92 Å². The molecule has 0 bridgehead atoms. The summed E-state index contributed by atoms with van der Waals surface area (Å²) in [5.41, 5.74) is 1.20. The molecule has 3 aromatic rings. The van der Waals surface area contributed by atoms with E-state index in [1.165, 1.54) is 6.07 Å². The van der Waals surface area contributed by atoms with Gasteiger partial charge in [-0.3, -0.25) is 14.9 Å². The molecule has 1 fully saturated rings. The third kappa shape index (κ3) is 3.11. The van der Waals surface area contributed by atoms with Gasteiger partial charge in [-0.1, -0.05) is 18.2 Å². The number of piperazine rings is 1. The van der Waals surface area contributed by atoms with Gasteiger partial charge in [-0.05, 0) is 32.2 Å². The standard InChI is InChI=1S/C20H21N5O3/c1-14-16-5-3-4-6-17(16)20(26)24(21-14)19-13-15(7-8-18(19)25(27)28)23-11-9-22(2)10-12-23/h3-8,13H,9-12H2,1-2H3. The van der Waals surface area contributed by atoms with E-state index in [9.17, 15) is 14.9 Å². The van der Waals surface area contributed by atoms with E-state index in [0.29, 0.717) is 11.1 Å². The van der Waals surface area contributed by atoms with E-state index >= 15 is 0 Å². The van der Waals surface area contributed by atoms with Gasteiger partial charge in [0.05, 0.1) is 16.0 Å². The van der Waals surface area contributed by atoms with Crippen molar-refractivity contribution in [3.05, 3.63) is 68.6 Å². The van der Waals surface area contributed by atoms with Crippen LogP contribution >= 0.6 is 0 Å². The van der Waals surface area contributed by atoms with Crippen LogP contribution in [0.4, 0.5) is 11.4 Å². The topological polar surface area (TPSA) is 84.5 Å². The number of aryl methyl sites for hydroxylation is 1. The zero-order valence-corrected chi connectivity index (χ0v) is 15.8. The number of anilines is 1. The number of likely N-dealkylation sites (N-methyl/N-ethyl adjacent to an activating group) is 1. The fraction of sp³-hybridized carbons (Fsp3) is 0.300. The highest BCUT2D eigenvalue weighted by Gasteiger charge is 2.22. The first-order valence-corrected chi connectivity index (χ1v) is 9.16. The second-order valence-electron chi connectivity index (χ2n) is 7.07. The van der Waals surface area contributed by atoms with Crippen LogP contribution in [0.3, 0.4) is 0 Å². The Morgan fingerprint density at radius 2 is 1.71 bits per heavy atom. The summed E-state index contributed by atoms with van der Waals surface area (Å²) < 4.78 is 1.16. The predicted octanol–water partition coefficient (Wildman–Crippen LogP) is 2.35. The van der Waals surface area contributed by atoms with Crippen LogP contribution in [-0.4, -0.2) is 52.8 Å². The Kier molecular flexibility index (Phi) is 4.56. The van der Waals surface area contributed by atoms with Crippen molar-refractivity contribution in [1.29, 1.82) is 0 Å². The van der Waals surface area contributed by atoms with Crippen molar-refractivity contribution in [2.24, 2.45) is 0 Å². The molecule has 0 atom stereocenters. The Hall–Kier alpha value is -3.26. The molecule has 144 valence electrons. The summed E-state index contributed by atoms with van der Waals surface area (Å²) in [7, 11) is 2.07. The van der Waals surface area contributed by atoms with Crippen LogP contribution in [0.2, 0.25) is 0 Å². The molecule has 4 rings (SSSR count). The molecule has 2 heterocycles. The van der Waals surface area contributed by atoms with Gasteiger partial charge >= 0.3 is 0 Å². The van der Waals surface area contributed by atoms with E-state index in [2.05, 4.69) is 21.9 Å². The van der Waals surface area contributed by atoms with Crippen molar-refractivity contribution in [2.75, 3.05) is 38.1 Å².